The fraction of sp³-hybridized carbons (Fsp3) is 1.00. The van der Waals surface area contributed by atoms with Crippen molar-refractivity contribution in [1.82, 2.24) is 5.32 Å². The second-order valence-corrected chi connectivity index (χ2v) is 3.83. The van der Waals surface area contributed by atoms with E-state index in [0.717, 1.165) is 0 Å². The molecular formula is C8H19NO2. The van der Waals surface area contributed by atoms with Crippen molar-refractivity contribution in [2.75, 3.05) is 13.2 Å². The quantitative estimate of drug-likeness (QED) is 0.549. The van der Waals surface area contributed by atoms with E-state index in [2.05, 4.69) is 5.32 Å². The summed E-state index contributed by atoms with van der Waals surface area (Å²) in [5.74, 6) is 0. The molecule has 0 atom stereocenters. The van der Waals surface area contributed by atoms with Crippen LogP contribution in [-0.2, 0) is 0 Å². The van der Waals surface area contributed by atoms with Gasteiger partial charge in [-0.2, -0.15) is 0 Å². The summed E-state index contributed by atoms with van der Waals surface area (Å²) >= 11 is 0. The maximum atomic E-state index is 9.63. The lowest BCUT2D eigenvalue weighted by molar-refractivity contribution is -0.00587. The van der Waals surface area contributed by atoms with Gasteiger partial charge < -0.3 is 15.5 Å². The van der Waals surface area contributed by atoms with Gasteiger partial charge >= 0.3 is 0 Å². The first kappa shape index (κ1) is 10.9. The van der Waals surface area contributed by atoms with Gasteiger partial charge in [-0.15, -0.1) is 0 Å². The maximum Gasteiger partial charge on any atom is 0.0767 e. The van der Waals surface area contributed by atoms with Crippen molar-refractivity contribution in [3.8, 4) is 0 Å². The van der Waals surface area contributed by atoms with Crippen LogP contribution >= 0.6 is 0 Å². The average Bonchev–Trinajstić information content (AvgIpc) is 1.81. The van der Waals surface area contributed by atoms with Gasteiger partial charge in [0.25, 0.3) is 0 Å². The highest BCUT2D eigenvalue weighted by Crippen LogP contribution is 2.19. The zero-order chi connectivity index (χ0) is 9.12. The molecule has 0 unspecified atom stereocenters. The van der Waals surface area contributed by atoms with E-state index in [1.54, 1.807) is 13.8 Å². The molecule has 3 heteroatoms. The van der Waals surface area contributed by atoms with Gasteiger partial charge in [0, 0.05) is 12.1 Å². The summed E-state index contributed by atoms with van der Waals surface area (Å²) < 4.78 is 0. The average molecular weight is 161 g/mol. The van der Waals surface area contributed by atoms with Crippen LogP contribution in [0.15, 0.2) is 0 Å². The molecule has 0 radical (unpaired) electrons. The van der Waals surface area contributed by atoms with Gasteiger partial charge in [0.1, 0.15) is 0 Å². The molecule has 0 bridgehead atoms. The minimum absolute atomic E-state index is 0.0967. The third-order valence-electron chi connectivity index (χ3n) is 2.21. The summed E-state index contributed by atoms with van der Waals surface area (Å²) in [6.45, 7) is 7.91. The lowest BCUT2D eigenvalue weighted by Crippen LogP contribution is -2.56. The van der Waals surface area contributed by atoms with Gasteiger partial charge in [0.05, 0.1) is 12.2 Å². The molecule has 0 aliphatic heterocycles. The largest absolute Gasteiger partial charge is 0.395 e. The molecule has 0 saturated heterocycles. The number of aliphatic hydroxyl groups excluding tert-OH is 1. The number of β-amino-alcohol motifs (C(OH)–C–C–N with tert-alkyl or cyclic N) is 1. The molecule has 68 valence electrons. The summed E-state index contributed by atoms with van der Waals surface area (Å²) in [5.41, 5.74) is -1.14. The molecule has 0 aliphatic rings. The number of nitrogens with one attached hydrogen (secondary N) is 1. The van der Waals surface area contributed by atoms with Crippen molar-refractivity contribution in [1.29, 1.82) is 0 Å². The fourth-order valence-electron chi connectivity index (χ4n) is 0.585. The molecule has 0 rings (SSSR count). The Morgan fingerprint density at radius 2 is 1.64 bits per heavy atom. The first-order chi connectivity index (χ1) is 4.81. The first-order valence-corrected chi connectivity index (χ1v) is 3.89. The molecule has 3 N–H and O–H groups in total. The molecule has 11 heavy (non-hydrogen) atoms. The van der Waals surface area contributed by atoms with E-state index in [4.69, 9.17) is 5.11 Å². The first-order valence-electron chi connectivity index (χ1n) is 3.89. The van der Waals surface area contributed by atoms with Crippen LogP contribution < -0.4 is 5.32 Å². The van der Waals surface area contributed by atoms with Crippen LogP contribution in [0.3, 0.4) is 0 Å². The Hall–Kier alpha value is -0.120. The van der Waals surface area contributed by atoms with Crippen LogP contribution in [0, 0.1) is 0 Å². The third kappa shape index (κ3) is 3.18. The van der Waals surface area contributed by atoms with E-state index in [-0.39, 0.29) is 12.1 Å². The molecule has 0 aromatic rings. The van der Waals surface area contributed by atoms with E-state index < -0.39 is 5.60 Å². The molecular weight excluding hydrogens is 142 g/mol. The van der Waals surface area contributed by atoms with Gasteiger partial charge in [-0.05, 0) is 27.7 Å². The lowest BCUT2D eigenvalue weighted by Gasteiger charge is -2.38. The van der Waals surface area contributed by atoms with Gasteiger partial charge in [-0.1, -0.05) is 0 Å². The van der Waals surface area contributed by atoms with Crippen LogP contribution in [0.5, 0.6) is 0 Å². The molecule has 0 saturated carbocycles. The molecule has 0 fully saturated rings. The van der Waals surface area contributed by atoms with Gasteiger partial charge in [0.2, 0.25) is 0 Å². The number of rotatable bonds is 4. The van der Waals surface area contributed by atoms with Crippen molar-refractivity contribution in [3.63, 3.8) is 0 Å². The van der Waals surface area contributed by atoms with Gasteiger partial charge in [0.15, 0.2) is 0 Å². The van der Waals surface area contributed by atoms with Crippen molar-refractivity contribution in [2.24, 2.45) is 0 Å². The van der Waals surface area contributed by atoms with E-state index in [0.29, 0.717) is 6.54 Å². The predicted molar refractivity (Wildman–Crippen MR) is 45.5 cm³/mol. The fourth-order valence-corrected chi connectivity index (χ4v) is 0.585. The SMILES string of the molecule is CC(C)(O)C(C)(C)NCCO. The summed E-state index contributed by atoms with van der Waals surface area (Å²) in [5, 5.41) is 21.2. The normalized spacial score (nSPS) is 13.6. The standard InChI is InChI=1S/C8H19NO2/c1-7(2,8(3,4)11)9-5-6-10/h9-11H,5-6H2,1-4H3. The van der Waals surface area contributed by atoms with E-state index in [1.165, 1.54) is 0 Å². The Bertz CT molecular complexity index is 116. The number of hydrogen-bond acceptors (Lipinski definition) is 3. The summed E-state index contributed by atoms with van der Waals surface area (Å²) in [6.07, 6.45) is 0. The van der Waals surface area contributed by atoms with Crippen molar-refractivity contribution >= 4 is 0 Å². The lowest BCUT2D eigenvalue weighted by atomic mass is 9.86. The Labute approximate surface area is 68.4 Å². The Balaban J connectivity index is 4.00. The zero-order valence-electron chi connectivity index (χ0n) is 7.81. The molecule has 0 aromatic carbocycles. The highest BCUT2D eigenvalue weighted by atomic mass is 16.3. The topological polar surface area (TPSA) is 52.5 Å². The molecule has 3 nitrogen and oxygen atoms in total. The molecule has 0 heterocycles. The van der Waals surface area contributed by atoms with E-state index >= 15 is 0 Å². The van der Waals surface area contributed by atoms with Crippen molar-refractivity contribution in [3.05, 3.63) is 0 Å². The molecule has 0 spiro atoms. The summed E-state index contributed by atoms with van der Waals surface area (Å²) in [7, 11) is 0. The second-order valence-electron chi connectivity index (χ2n) is 3.83. The van der Waals surface area contributed by atoms with Crippen LogP contribution in [0.2, 0.25) is 0 Å². The van der Waals surface area contributed by atoms with Crippen LogP contribution in [0.25, 0.3) is 0 Å². The van der Waals surface area contributed by atoms with E-state index in [9.17, 15) is 5.11 Å². The Kier molecular flexibility index (Phi) is 3.48. The zero-order valence-corrected chi connectivity index (χ0v) is 7.81. The second kappa shape index (κ2) is 3.52. The highest BCUT2D eigenvalue weighted by Gasteiger charge is 2.33. The number of hydrogen-bond donors (Lipinski definition) is 3. The van der Waals surface area contributed by atoms with Crippen molar-refractivity contribution in [2.45, 2.75) is 38.8 Å². The Morgan fingerprint density at radius 1 is 1.18 bits per heavy atom. The smallest absolute Gasteiger partial charge is 0.0767 e. The minimum atomic E-state index is -0.776. The van der Waals surface area contributed by atoms with Crippen LogP contribution in [0.1, 0.15) is 27.7 Å². The number of aliphatic hydroxyl groups is 2. The Morgan fingerprint density at radius 3 is 1.91 bits per heavy atom. The maximum absolute atomic E-state index is 9.63. The van der Waals surface area contributed by atoms with Crippen molar-refractivity contribution < 1.29 is 10.2 Å². The predicted octanol–water partition coefficient (Wildman–Crippen LogP) is 0.118. The van der Waals surface area contributed by atoms with Gasteiger partial charge in [-0.3, -0.25) is 0 Å². The molecule has 0 aromatic heterocycles. The monoisotopic (exact) mass is 161 g/mol. The van der Waals surface area contributed by atoms with E-state index in [1.807, 2.05) is 13.8 Å². The summed E-state index contributed by atoms with van der Waals surface area (Å²) in [6, 6.07) is 0. The van der Waals surface area contributed by atoms with Crippen LogP contribution in [-0.4, -0.2) is 34.5 Å². The summed E-state index contributed by atoms with van der Waals surface area (Å²) in [4.78, 5) is 0. The van der Waals surface area contributed by atoms with Gasteiger partial charge in [-0.25, -0.2) is 0 Å². The van der Waals surface area contributed by atoms with Crippen LogP contribution in [0.4, 0.5) is 0 Å². The molecule has 0 amide bonds. The highest BCUT2D eigenvalue weighted by molar-refractivity contribution is 4.92. The third-order valence-corrected chi connectivity index (χ3v) is 2.21. The minimum Gasteiger partial charge on any atom is -0.395 e. The molecule has 0 aliphatic carbocycles.